The van der Waals surface area contributed by atoms with Crippen molar-refractivity contribution >= 4 is 11.8 Å². The fraction of sp³-hybridized carbons (Fsp3) is 0.722. The van der Waals surface area contributed by atoms with E-state index in [-0.39, 0.29) is 0 Å². The Kier molecular flexibility index (Phi) is 4.43. The highest BCUT2D eigenvalue weighted by atomic mass is 32.2. The number of thioether (sulfide) groups is 1. The molecule has 2 fully saturated rings. The van der Waals surface area contributed by atoms with Crippen LogP contribution in [0, 0.1) is 6.92 Å². The minimum Gasteiger partial charge on any atom is -0.381 e. The van der Waals surface area contributed by atoms with E-state index in [9.17, 15) is 0 Å². The molecule has 1 aromatic heterocycles. The normalized spacial score (nSPS) is 29.9. The fourth-order valence-electron chi connectivity index (χ4n) is 4.20. The van der Waals surface area contributed by atoms with Crippen molar-refractivity contribution in [2.45, 2.75) is 55.6 Å². The van der Waals surface area contributed by atoms with Crippen LogP contribution in [0.4, 0.5) is 0 Å². The van der Waals surface area contributed by atoms with Crippen LogP contribution in [-0.4, -0.2) is 47.5 Å². The second-order valence-corrected chi connectivity index (χ2v) is 8.44. The van der Waals surface area contributed by atoms with Gasteiger partial charge >= 0.3 is 0 Å². The number of ether oxygens (including phenoxy) is 1. The molecule has 1 aliphatic carbocycles. The van der Waals surface area contributed by atoms with Crippen LogP contribution in [0.25, 0.3) is 0 Å². The molecular formula is C18H26N2OS. The molecule has 2 aliphatic heterocycles. The number of aryl methyl sites for hydroxylation is 2. The van der Waals surface area contributed by atoms with Gasteiger partial charge in [-0.2, -0.15) is 0 Å². The number of pyridine rings is 1. The van der Waals surface area contributed by atoms with Gasteiger partial charge in [0.15, 0.2) is 0 Å². The number of likely N-dealkylation sites (tertiary alicyclic amines) is 1. The summed E-state index contributed by atoms with van der Waals surface area (Å²) in [6.07, 6.45) is 8.50. The number of fused-ring (bicyclic) bond motifs is 1. The third-order valence-corrected chi connectivity index (χ3v) is 7.01. The van der Waals surface area contributed by atoms with E-state index in [2.05, 4.69) is 40.8 Å². The Balaban J connectivity index is 1.35. The quantitative estimate of drug-likeness (QED) is 0.853. The van der Waals surface area contributed by atoms with Gasteiger partial charge in [-0.3, -0.25) is 9.88 Å². The minimum absolute atomic E-state index is 0.683. The third kappa shape index (κ3) is 3.06. The topological polar surface area (TPSA) is 25.4 Å². The largest absolute Gasteiger partial charge is 0.381 e. The van der Waals surface area contributed by atoms with Crippen LogP contribution in [0.3, 0.4) is 0 Å². The van der Waals surface area contributed by atoms with Crippen LogP contribution >= 0.6 is 11.8 Å². The molecule has 120 valence electrons. The van der Waals surface area contributed by atoms with E-state index in [1.54, 1.807) is 5.56 Å². The zero-order chi connectivity index (χ0) is 14.9. The summed E-state index contributed by atoms with van der Waals surface area (Å²) < 4.78 is 5.50. The standard InChI is InChI=1S/C18H26N2OS/c1-13-10-14-2-3-18(17(14)11-19-13)22-16-4-7-20(12-16)15-5-8-21-9-6-15/h10-11,15-16,18H,2-9,12H2,1H3/t16-,18?/m1/s1. The summed E-state index contributed by atoms with van der Waals surface area (Å²) in [5.41, 5.74) is 4.22. The lowest BCUT2D eigenvalue weighted by molar-refractivity contribution is 0.0425. The van der Waals surface area contributed by atoms with E-state index in [1.165, 1.54) is 50.8 Å². The summed E-state index contributed by atoms with van der Waals surface area (Å²) >= 11 is 2.22. The van der Waals surface area contributed by atoms with Gasteiger partial charge in [-0.05, 0) is 62.8 Å². The maximum absolute atomic E-state index is 5.50. The summed E-state index contributed by atoms with van der Waals surface area (Å²) in [4.78, 5) is 7.25. The van der Waals surface area contributed by atoms with Crippen LogP contribution in [0.5, 0.6) is 0 Å². The summed E-state index contributed by atoms with van der Waals surface area (Å²) in [5, 5.41) is 1.49. The molecule has 22 heavy (non-hydrogen) atoms. The lowest BCUT2D eigenvalue weighted by Gasteiger charge is -2.31. The number of nitrogens with zero attached hydrogens (tertiary/aromatic N) is 2. The summed E-state index contributed by atoms with van der Waals surface area (Å²) in [5.74, 6) is 0. The lowest BCUT2D eigenvalue weighted by Crippen LogP contribution is -2.38. The van der Waals surface area contributed by atoms with Gasteiger partial charge in [-0.1, -0.05) is 0 Å². The van der Waals surface area contributed by atoms with Crippen molar-refractivity contribution < 1.29 is 4.74 Å². The Bertz CT molecular complexity index is 530. The predicted molar refractivity (Wildman–Crippen MR) is 91.4 cm³/mol. The van der Waals surface area contributed by atoms with Crippen molar-refractivity contribution in [1.29, 1.82) is 0 Å². The van der Waals surface area contributed by atoms with Crippen LogP contribution < -0.4 is 0 Å². The molecule has 0 N–H and O–H groups in total. The van der Waals surface area contributed by atoms with Gasteiger partial charge in [-0.15, -0.1) is 11.8 Å². The molecule has 1 aromatic rings. The Morgan fingerprint density at radius 2 is 2.09 bits per heavy atom. The molecule has 0 spiro atoms. The maximum atomic E-state index is 5.50. The molecule has 0 saturated carbocycles. The smallest absolute Gasteiger partial charge is 0.0480 e. The van der Waals surface area contributed by atoms with E-state index in [4.69, 9.17) is 4.74 Å². The van der Waals surface area contributed by atoms with Gasteiger partial charge < -0.3 is 4.74 Å². The fourth-order valence-corrected chi connectivity index (χ4v) is 5.79. The zero-order valence-electron chi connectivity index (χ0n) is 13.5. The average molecular weight is 318 g/mol. The monoisotopic (exact) mass is 318 g/mol. The molecule has 2 saturated heterocycles. The molecule has 0 amide bonds. The van der Waals surface area contributed by atoms with Crippen LogP contribution in [0.2, 0.25) is 0 Å². The average Bonchev–Trinajstić information content (AvgIpc) is 3.16. The summed E-state index contributed by atoms with van der Waals surface area (Å²) in [7, 11) is 0. The maximum Gasteiger partial charge on any atom is 0.0480 e. The van der Waals surface area contributed by atoms with Gasteiger partial charge in [0.05, 0.1) is 0 Å². The Morgan fingerprint density at radius 3 is 2.95 bits per heavy atom. The van der Waals surface area contributed by atoms with Crippen LogP contribution in [0.15, 0.2) is 12.3 Å². The highest BCUT2D eigenvalue weighted by Crippen LogP contribution is 2.45. The van der Waals surface area contributed by atoms with Crippen molar-refractivity contribution in [3.05, 3.63) is 29.1 Å². The molecule has 3 nitrogen and oxygen atoms in total. The summed E-state index contributed by atoms with van der Waals surface area (Å²) in [6, 6.07) is 3.07. The van der Waals surface area contributed by atoms with Crippen molar-refractivity contribution in [1.82, 2.24) is 9.88 Å². The number of rotatable bonds is 3. The van der Waals surface area contributed by atoms with E-state index >= 15 is 0 Å². The highest BCUT2D eigenvalue weighted by Gasteiger charge is 2.33. The Hall–Kier alpha value is -0.580. The SMILES string of the molecule is Cc1cc2c(cn1)C(S[C@@H]1CCN(C3CCOCC3)C1)CC2. The molecule has 2 atom stereocenters. The number of aromatic nitrogens is 1. The van der Waals surface area contributed by atoms with E-state index in [1.807, 2.05) is 0 Å². The highest BCUT2D eigenvalue weighted by molar-refractivity contribution is 8.00. The van der Waals surface area contributed by atoms with Crippen LogP contribution in [0.1, 0.15) is 47.8 Å². The molecule has 0 radical (unpaired) electrons. The molecule has 0 aromatic carbocycles. The molecule has 4 heteroatoms. The molecule has 3 aliphatic rings. The molecular weight excluding hydrogens is 292 g/mol. The van der Waals surface area contributed by atoms with E-state index in [0.29, 0.717) is 5.25 Å². The van der Waals surface area contributed by atoms with Gasteiger partial charge in [-0.25, -0.2) is 0 Å². The van der Waals surface area contributed by atoms with Crippen molar-refractivity contribution in [2.24, 2.45) is 0 Å². The van der Waals surface area contributed by atoms with Gasteiger partial charge in [0.25, 0.3) is 0 Å². The molecule has 0 bridgehead atoms. The molecule has 3 heterocycles. The predicted octanol–water partition coefficient (Wildman–Crippen LogP) is 3.36. The second-order valence-electron chi connectivity index (χ2n) is 6.94. The minimum atomic E-state index is 0.683. The van der Waals surface area contributed by atoms with Crippen molar-refractivity contribution in [2.75, 3.05) is 26.3 Å². The summed E-state index contributed by atoms with van der Waals surface area (Å²) in [6.45, 7) is 6.58. The first-order valence-electron chi connectivity index (χ1n) is 8.72. The third-order valence-electron chi connectivity index (χ3n) is 5.42. The molecule has 1 unspecified atom stereocenters. The van der Waals surface area contributed by atoms with Crippen LogP contribution in [-0.2, 0) is 11.2 Å². The Labute approximate surface area is 137 Å². The first-order chi connectivity index (χ1) is 10.8. The zero-order valence-corrected chi connectivity index (χ0v) is 14.3. The van der Waals surface area contributed by atoms with E-state index < -0.39 is 0 Å². The number of hydrogen-bond donors (Lipinski definition) is 0. The lowest BCUT2D eigenvalue weighted by atomic mass is 10.1. The first kappa shape index (κ1) is 15.0. The number of hydrogen-bond acceptors (Lipinski definition) is 4. The van der Waals surface area contributed by atoms with Crippen molar-refractivity contribution in [3.8, 4) is 0 Å². The Morgan fingerprint density at radius 1 is 1.23 bits per heavy atom. The van der Waals surface area contributed by atoms with Gasteiger partial charge in [0.1, 0.15) is 0 Å². The first-order valence-corrected chi connectivity index (χ1v) is 9.66. The molecule has 4 rings (SSSR count). The van der Waals surface area contributed by atoms with Crippen molar-refractivity contribution in [3.63, 3.8) is 0 Å². The van der Waals surface area contributed by atoms with Gasteiger partial charge in [0, 0.05) is 48.2 Å². The van der Waals surface area contributed by atoms with E-state index in [0.717, 1.165) is 30.2 Å². The second kappa shape index (κ2) is 6.50. The van der Waals surface area contributed by atoms with Gasteiger partial charge in [0.2, 0.25) is 0 Å².